The fourth-order valence-electron chi connectivity index (χ4n) is 3.11. The second-order valence-corrected chi connectivity index (χ2v) is 6.77. The second-order valence-electron chi connectivity index (χ2n) is 6.77. The van der Waals surface area contributed by atoms with Gasteiger partial charge in [0.1, 0.15) is 11.1 Å². The van der Waals surface area contributed by atoms with Gasteiger partial charge in [0, 0.05) is 19.4 Å². The van der Waals surface area contributed by atoms with Crippen molar-refractivity contribution in [2.45, 2.75) is 70.6 Å². The Morgan fingerprint density at radius 3 is 2.43 bits per heavy atom. The van der Waals surface area contributed by atoms with E-state index in [4.69, 9.17) is 4.74 Å². The first-order valence-electron chi connectivity index (χ1n) is 7.25. The maximum absolute atomic E-state index is 12.4. The third-order valence-electron chi connectivity index (χ3n) is 3.89. The van der Waals surface area contributed by atoms with Crippen molar-refractivity contribution in [1.82, 2.24) is 15.8 Å². The number of carbonyl (C=O) groups excluding carboxylic acids is 3. The average molecular weight is 297 g/mol. The Morgan fingerprint density at radius 1 is 1.24 bits per heavy atom. The molecule has 118 valence electrons. The highest BCUT2D eigenvalue weighted by Crippen LogP contribution is 2.48. The number of carbonyl (C=O) groups is 3. The highest BCUT2D eigenvalue weighted by Gasteiger charge is 2.62. The van der Waals surface area contributed by atoms with Crippen molar-refractivity contribution in [1.29, 1.82) is 0 Å². The van der Waals surface area contributed by atoms with E-state index in [1.54, 1.807) is 25.7 Å². The van der Waals surface area contributed by atoms with E-state index >= 15 is 0 Å². The highest BCUT2D eigenvalue weighted by atomic mass is 16.6. The van der Waals surface area contributed by atoms with E-state index in [1.165, 1.54) is 6.92 Å². The van der Waals surface area contributed by atoms with E-state index in [-0.39, 0.29) is 17.9 Å². The van der Waals surface area contributed by atoms with Crippen LogP contribution in [-0.4, -0.2) is 40.0 Å². The van der Waals surface area contributed by atoms with Gasteiger partial charge in [-0.05, 0) is 40.0 Å². The molecule has 2 unspecified atom stereocenters. The lowest BCUT2D eigenvalue weighted by atomic mass is 9.68. The molecule has 2 atom stereocenters. The van der Waals surface area contributed by atoms with Crippen molar-refractivity contribution in [3.05, 3.63) is 0 Å². The lowest BCUT2D eigenvalue weighted by Crippen LogP contribution is -2.76. The van der Waals surface area contributed by atoms with Gasteiger partial charge in [0.2, 0.25) is 5.91 Å². The third kappa shape index (κ3) is 2.96. The van der Waals surface area contributed by atoms with Gasteiger partial charge < -0.3 is 4.74 Å². The van der Waals surface area contributed by atoms with Crippen molar-refractivity contribution < 1.29 is 19.1 Å². The lowest BCUT2D eigenvalue weighted by Gasteiger charge is -2.59. The van der Waals surface area contributed by atoms with Crippen LogP contribution in [0.2, 0.25) is 0 Å². The predicted octanol–water partition coefficient (Wildman–Crippen LogP) is 1.09. The van der Waals surface area contributed by atoms with Crippen molar-refractivity contribution in [3.8, 4) is 0 Å². The summed E-state index contributed by atoms with van der Waals surface area (Å²) in [6.07, 6.45) is 2.52. The Bertz CT molecular complexity index is 467. The molecule has 2 bridgehead atoms. The number of hydrogen-bond acceptors (Lipinski definition) is 4. The van der Waals surface area contributed by atoms with Crippen molar-refractivity contribution in [2.75, 3.05) is 0 Å². The van der Waals surface area contributed by atoms with Gasteiger partial charge in [-0.2, -0.15) is 0 Å². The number of rotatable bonds is 1. The molecule has 3 rings (SSSR count). The summed E-state index contributed by atoms with van der Waals surface area (Å²) in [5, 5.41) is 0. The Hall–Kier alpha value is -1.79. The zero-order valence-corrected chi connectivity index (χ0v) is 13.0. The maximum Gasteiger partial charge on any atom is 0.411 e. The smallest absolute Gasteiger partial charge is 0.411 e. The van der Waals surface area contributed by atoms with Crippen LogP contribution in [0.25, 0.3) is 0 Å². The molecule has 0 aromatic carbocycles. The fraction of sp³-hybridized carbons (Fsp3) is 0.786. The minimum atomic E-state index is -0.881. The van der Waals surface area contributed by atoms with Crippen LogP contribution in [0, 0.1) is 0 Å². The number of hydrazine groups is 1. The molecule has 2 heterocycles. The van der Waals surface area contributed by atoms with E-state index in [0.717, 1.165) is 12.8 Å². The number of hydrogen-bond donors (Lipinski definition) is 2. The molecule has 2 saturated heterocycles. The van der Waals surface area contributed by atoms with Crippen molar-refractivity contribution in [2.24, 2.45) is 0 Å². The molecule has 0 aromatic rings. The molecule has 0 radical (unpaired) electrons. The lowest BCUT2D eigenvalue weighted by molar-refractivity contribution is -0.159. The van der Waals surface area contributed by atoms with E-state index in [9.17, 15) is 14.4 Å². The van der Waals surface area contributed by atoms with Crippen molar-refractivity contribution in [3.63, 3.8) is 0 Å². The number of amides is 3. The monoisotopic (exact) mass is 297 g/mol. The molecule has 1 aliphatic carbocycles. The van der Waals surface area contributed by atoms with Crippen LogP contribution in [0.1, 0.15) is 53.4 Å². The molecule has 21 heavy (non-hydrogen) atoms. The van der Waals surface area contributed by atoms with Gasteiger partial charge in [-0.1, -0.05) is 0 Å². The quantitative estimate of drug-likeness (QED) is 0.709. The Labute approximate surface area is 124 Å². The van der Waals surface area contributed by atoms with Crippen LogP contribution in [0.5, 0.6) is 0 Å². The summed E-state index contributed by atoms with van der Waals surface area (Å²) in [6.45, 7) is 6.70. The first-order chi connectivity index (χ1) is 9.66. The molecular formula is C14H23N3O4. The van der Waals surface area contributed by atoms with E-state index in [2.05, 4.69) is 10.9 Å². The summed E-state index contributed by atoms with van der Waals surface area (Å²) in [5.41, 5.74) is 3.19. The zero-order valence-electron chi connectivity index (χ0n) is 13.0. The minimum Gasteiger partial charge on any atom is -0.444 e. The number of ether oxygens (including phenoxy) is 1. The van der Waals surface area contributed by atoms with Crippen LogP contribution in [0.3, 0.4) is 0 Å². The number of fused-ring (bicyclic) bond motifs is 2. The second kappa shape index (κ2) is 5.20. The minimum absolute atomic E-state index is 0.0525. The molecule has 7 heteroatoms. The van der Waals surface area contributed by atoms with Gasteiger partial charge in [0.15, 0.2) is 0 Å². The summed E-state index contributed by atoms with van der Waals surface area (Å²) in [6, 6.07) is 0.0525. The summed E-state index contributed by atoms with van der Waals surface area (Å²) in [7, 11) is 0. The number of nitrogens with one attached hydrogen (secondary N) is 2. The maximum atomic E-state index is 12.4. The first-order valence-corrected chi connectivity index (χ1v) is 7.25. The third-order valence-corrected chi connectivity index (χ3v) is 3.89. The van der Waals surface area contributed by atoms with E-state index < -0.39 is 17.2 Å². The Balaban J connectivity index is 2.11. The molecule has 7 nitrogen and oxygen atoms in total. The summed E-state index contributed by atoms with van der Waals surface area (Å²) in [4.78, 5) is 37.2. The molecule has 2 aliphatic heterocycles. The van der Waals surface area contributed by atoms with Crippen LogP contribution >= 0.6 is 0 Å². The average Bonchev–Trinajstić information content (AvgIpc) is 2.33. The molecular weight excluding hydrogens is 274 g/mol. The fourth-order valence-corrected chi connectivity index (χ4v) is 3.11. The molecule has 3 amide bonds. The number of piperidine rings is 1. The molecule has 1 saturated carbocycles. The van der Waals surface area contributed by atoms with Gasteiger partial charge in [0.05, 0.1) is 0 Å². The van der Waals surface area contributed by atoms with Crippen LogP contribution in [0.4, 0.5) is 4.79 Å². The number of nitrogens with zero attached hydrogens (tertiary/aromatic N) is 1. The molecule has 0 aromatic heterocycles. The van der Waals surface area contributed by atoms with E-state index in [0.29, 0.717) is 12.8 Å². The summed E-state index contributed by atoms with van der Waals surface area (Å²) >= 11 is 0. The summed E-state index contributed by atoms with van der Waals surface area (Å²) in [5.74, 6) is -0.699. The SMILES string of the molecule is CC(=O)NNC(=O)C12CCCC(C1)N2C(=O)OC(C)(C)C. The normalized spacial score (nSPS) is 27.4. The first kappa shape index (κ1) is 15.6. The van der Waals surface area contributed by atoms with Crippen LogP contribution < -0.4 is 10.9 Å². The van der Waals surface area contributed by atoms with Gasteiger partial charge in [-0.3, -0.25) is 25.3 Å². The van der Waals surface area contributed by atoms with Crippen LogP contribution in [-0.2, 0) is 14.3 Å². The molecule has 0 spiro atoms. The predicted molar refractivity (Wildman–Crippen MR) is 75.0 cm³/mol. The Morgan fingerprint density at radius 2 is 1.90 bits per heavy atom. The highest BCUT2D eigenvalue weighted by molar-refractivity contribution is 5.93. The topological polar surface area (TPSA) is 87.7 Å². The largest absolute Gasteiger partial charge is 0.444 e. The Kier molecular flexibility index (Phi) is 3.86. The molecule has 3 aliphatic rings. The van der Waals surface area contributed by atoms with Gasteiger partial charge in [0.25, 0.3) is 5.91 Å². The van der Waals surface area contributed by atoms with Crippen LogP contribution in [0.15, 0.2) is 0 Å². The van der Waals surface area contributed by atoms with Crippen molar-refractivity contribution >= 4 is 17.9 Å². The van der Waals surface area contributed by atoms with E-state index in [1.807, 2.05) is 0 Å². The van der Waals surface area contributed by atoms with Gasteiger partial charge in [-0.15, -0.1) is 0 Å². The molecule has 2 N–H and O–H groups in total. The summed E-state index contributed by atoms with van der Waals surface area (Å²) < 4.78 is 5.40. The standard InChI is InChI=1S/C14H23N3O4/c1-9(18)15-16-11(19)14-7-5-6-10(8-14)17(14)12(20)21-13(2,3)4/h10H,5-8H2,1-4H3,(H,15,18)(H,16,19). The van der Waals surface area contributed by atoms with Gasteiger partial charge in [-0.25, -0.2) is 4.79 Å². The zero-order chi connectivity index (χ0) is 15.8. The molecule has 3 fully saturated rings. The van der Waals surface area contributed by atoms with Gasteiger partial charge >= 0.3 is 6.09 Å².